The molecule has 0 aromatic heterocycles. The van der Waals surface area contributed by atoms with Gasteiger partial charge in [0.2, 0.25) is 0 Å². The Labute approximate surface area is 123 Å². The van der Waals surface area contributed by atoms with Gasteiger partial charge in [-0.2, -0.15) is 0 Å². The van der Waals surface area contributed by atoms with Crippen molar-refractivity contribution in [3.8, 4) is 0 Å². The highest BCUT2D eigenvalue weighted by Crippen LogP contribution is 2.31. The predicted octanol–water partition coefficient (Wildman–Crippen LogP) is 3.74. The van der Waals surface area contributed by atoms with Gasteiger partial charge >= 0.3 is 0 Å². The molecule has 1 aromatic rings. The number of aliphatic hydroxyl groups excluding tert-OH is 1. The van der Waals surface area contributed by atoms with Gasteiger partial charge in [0.05, 0.1) is 6.10 Å². The summed E-state index contributed by atoms with van der Waals surface area (Å²) in [4.78, 5) is 1.15. The molecule has 2 rings (SSSR count). The van der Waals surface area contributed by atoms with Crippen molar-refractivity contribution in [2.75, 3.05) is 12.2 Å². The van der Waals surface area contributed by atoms with Gasteiger partial charge in [-0.25, -0.2) is 0 Å². The molecule has 106 valence electrons. The largest absolute Gasteiger partial charge is 0.388 e. The predicted molar refractivity (Wildman–Crippen MR) is 82.4 cm³/mol. The SMILES string of the molecule is [2H]C([2H])(N)CC(O)c1cccc(SCC2CCCCC2)c1. The molecule has 0 saturated heterocycles. The van der Waals surface area contributed by atoms with Crippen LogP contribution in [0.25, 0.3) is 0 Å². The first-order chi connectivity index (χ1) is 9.94. The van der Waals surface area contributed by atoms with E-state index in [2.05, 4.69) is 6.07 Å². The van der Waals surface area contributed by atoms with Gasteiger partial charge in [0.1, 0.15) is 0 Å². The van der Waals surface area contributed by atoms with E-state index in [0.717, 1.165) is 22.1 Å². The molecule has 1 fully saturated rings. The summed E-state index contributed by atoms with van der Waals surface area (Å²) in [6, 6.07) is 7.78. The summed E-state index contributed by atoms with van der Waals surface area (Å²) in [5.74, 6) is 1.95. The first-order valence-electron chi connectivity index (χ1n) is 8.14. The highest BCUT2D eigenvalue weighted by molar-refractivity contribution is 7.99. The number of hydrogen-bond acceptors (Lipinski definition) is 3. The zero-order valence-corrected chi connectivity index (χ0v) is 12.2. The van der Waals surface area contributed by atoms with Gasteiger partial charge in [-0.1, -0.05) is 31.4 Å². The van der Waals surface area contributed by atoms with Crippen molar-refractivity contribution in [1.29, 1.82) is 0 Å². The second-order valence-corrected chi connectivity index (χ2v) is 6.40. The fraction of sp³-hybridized carbons (Fsp3) is 0.625. The van der Waals surface area contributed by atoms with Crippen molar-refractivity contribution in [2.45, 2.75) is 49.5 Å². The molecule has 3 N–H and O–H groups in total. The van der Waals surface area contributed by atoms with Gasteiger partial charge in [0.25, 0.3) is 0 Å². The monoisotopic (exact) mass is 281 g/mol. The lowest BCUT2D eigenvalue weighted by Gasteiger charge is -2.21. The van der Waals surface area contributed by atoms with Crippen molar-refractivity contribution in [3.63, 3.8) is 0 Å². The van der Waals surface area contributed by atoms with Crippen molar-refractivity contribution in [1.82, 2.24) is 0 Å². The Morgan fingerprint density at radius 3 is 2.89 bits per heavy atom. The molecule has 1 aliphatic rings. The van der Waals surface area contributed by atoms with E-state index in [0.29, 0.717) is 0 Å². The third-order valence-electron chi connectivity index (χ3n) is 3.76. The topological polar surface area (TPSA) is 46.2 Å². The van der Waals surface area contributed by atoms with E-state index < -0.39 is 12.6 Å². The quantitative estimate of drug-likeness (QED) is 0.781. The number of aliphatic hydroxyl groups is 1. The maximum absolute atomic E-state index is 10.1. The zero-order chi connectivity index (χ0) is 15.3. The summed E-state index contributed by atoms with van der Waals surface area (Å²) >= 11 is 1.84. The first-order valence-corrected chi connectivity index (χ1v) is 8.12. The minimum Gasteiger partial charge on any atom is -0.388 e. The highest BCUT2D eigenvalue weighted by Gasteiger charge is 2.14. The Hall–Kier alpha value is -0.510. The van der Waals surface area contributed by atoms with E-state index in [1.54, 1.807) is 0 Å². The zero-order valence-electron chi connectivity index (χ0n) is 13.3. The average molecular weight is 281 g/mol. The van der Waals surface area contributed by atoms with Gasteiger partial charge in [-0.15, -0.1) is 11.8 Å². The number of hydrogen-bond donors (Lipinski definition) is 2. The maximum atomic E-state index is 10.1. The van der Waals surface area contributed by atoms with Gasteiger partial charge in [0, 0.05) is 13.4 Å². The third kappa shape index (κ3) is 4.83. The highest BCUT2D eigenvalue weighted by atomic mass is 32.2. The summed E-state index contributed by atoms with van der Waals surface area (Å²) in [5, 5.41) is 10.1. The second-order valence-electron chi connectivity index (χ2n) is 5.31. The Balaban J connectivity index is 1.90. The Bertz CT molecular complexity index is 444. The molecular weight excluding hydrogens is 254 g/mol. The third-order valence-corrected chi connectivity index (χ3v) is 4.99. The van der Waals surface area contributed by atoms with E-state index in [1.807, 2.05) is 30.0 Å². The summed E-state index contributed by atoms with van der Waals surface area (Å²) < 4.78 is 14.7. The van der Waals surface area contributed by atoms with Crippen LogP contribution in [0.1, 0.15) is 52.9 Å². The molecule has 0 radical (unpaired) electrons. The smallest absolute Gasteiger partial charge is 0.0802 e. The average Bonchev–Trinajstić information content (AvgIpc) is 2.45. The van der Waals surface area contributed by atoms with Gasteiger partial charge in [0.15, 0.2) is 0 Å². The standard InChI is InChI=1S/C16H25NOS/c17-10-9-16(18)14-7-4-8-15(11-14)19-12-13-5-2-1-3-6-13/h4,7-8,11,13,16,18H,1-3,5-6,9-10,12,17H2/i10D2. The van der Waals surface area contributed by atoms with Gasteiger partial charge < -0.3 is 10.8 Å². The van der Waals surface area contributed by atoms with Crippen molar-refractivity contribution in [2.24, 2.45) is 11.7 Å². The Morgan fingerprint density at radius 2 is 2.16 bits per heavy atom. The maximum Gasteiger partial charge on any atom is 0.0802 e. The molecule has 19 heavy (non-hydrogen) atoms. The van der Waals surface area contributed by atoms with Crippen LogP contribution in [-0.2, 0) is 0 Å². The van der Waals surface area contributed by atoms with Crippen LogP contribution in [0.3, 0.4) is 0 Å². The van der Waals surface area contributed by atoms with E-state index in [1.165, 1.54) is 32.1 Å². The molecule has 3 heteroatoms. The van der Waals surface area contributed by atoms with Crippen LogP contribution in [0.15, 0.2) is 29.2 Å². The minimum absolute atomic E-state index is 0.0796. The molecule has 0 spiro atoms. The van der Waals surface area contributed by atoms with Crippen LogP contribution in [0, 0.1) is 5.92 Å². The van der Waals surface area contributed by atoms with Gasteiger partial charge in [-0.3, -0.25) is 0 Å². The molecule has 2 nitrogen and oxygen atoms in total. The number of thioether (sulfide) groups is 1. The molecular formula is C16H25NOS. The fourth-order valence-electron chi connectivity index (χ4n) is 2.61. The van der Waals surface area contributed by atoms with E-state index in [9.17, 15) is 5.11 Å². The molecule has 1 aliphatic carbocycles. The summed E-state index contributed by atoms with van der Waals surface area (Å²) in [7, 11) is 0. The summed E-state index contributed by atoms with van der Waals surface area (Å²) in [6.45, 7) is -1.84. The number of rotatable bonds is 6. The Morgan fingerprint density at radius 1 is 1.37 bits per heavy atom. The lowest BCUT2D eigenvalue weighted by molar-refractivity contribution is 0.170. The molecule has 1 atom stereocenters. The van der Waals surface area contributed by atoms with Gasteiger partial charge in [-0.05, 0) is 49.4 Å². The summed E-state index contributed by atoms with van der Waals surface area (Å²) in [5.41, 5.74) is 6.08. The van der Waals surface area contributed by atoms with Crippen molar-refractivity contribution < 1.29 is 7.85 Å². The van der Waals surface area contributed by atoms with Crippen molar-refractivity contribution in [3.05, 3.63) is 29.8 Å². The molecule has 0 heterocycles. The lowest BCUT2D eigenvalue weighted by Crippen LogP contribution is -2.08. The molecule has 1 saturated carbocycles. The van der Waals surface area contributed by atoms with Crippen LogP contribution in [0.5, 0.6) is 0 Å². The number of nitrogens with two attached hydrogens (primary N) is 1. The van der Waals surface area contributed by atoms with Crippen molar-refractivity contribution >= 4 is 11.8 Å². The van der Waals surface area contributed by atoms with Crippen LogP contribution in [0.2, 0.25) is 0 Å². The van der Waals surface area contributed by atoms with Crippen LogP contribution >= 0.6 is 11.8 Å². The number of benzene rings is 1. The van der Waals surface area contributed by atoms with Crippen LogP contribution in [0.4, 0.5) is 0 Å². The van der Waals surface area contributed by atoms with E-state index >= 15 is 0 Å². The summed E-state index contributed by atoms with van der Waals surface area (Å²) in [6.07, 6.45) is 5.84. The molecule has 0 bridgehead atoms. The lowest BCUT2D eigenvalue weighted by atomic mass is 9.91. The van der Waals surface area contributed by atoms with Crippen LogP contribution < -0.4 is 5.73 Å². The fourth-order valence-corrected chi connectivity index (χ4v) is 3.76. The molecule has 0 aliphatic heterocycles. The first kappa shape index (κ1) is 12.2. The minimum atomic E-state index is -1.84. The Kier molecular flexibility index (Phi) is 5.11. The normalized spacial score (nSPS) is 20.7. The van der Waals surface area contributed by atoms with E-state index in [4.69, 9.17) is 8.48 Å². The molecule has 1 unspecified atom stereocenters. The second kappa shape index (κ2) is 7.93. The van der Waals surface area contributed by atoms with E-state index in [-0.39, 0.29) is 6.42 Å². The molecule has 1 aromatic carbocycles. The van der Waals surface area contributed by atoms with Crippen LogP contribution in [-0.4, -0.2) is 17.4 Å². The molecule has 0 amide bonds.